The molecule has 0 saturated carbocycles. The number of hydrogen-bond acceptors (Lipinski definition) is 2. The molecule has 1 aromatic heterocycles. The molecule has 17 heavy (non-hydrogen) atoms. The molecule has 0 aliphatic carbocycles. The van der Waals surface area contributed by atoms with E-state index in [0.717, 1.165) is 23.2 Å². The van der Waals surface area contributed by atoms with Crippen LogP contribution in [0.4, 0.5) is 0 Å². The molecule has 88 valence electrons. The largest absolute Gasteiger partial charge is 0.298 e. The van der Waals surface area contributed by atoms with E-state index in [0.29, 0.717) is 17.1 Å². The third-order valence-corrected chi connectivity index (χ3v) is 3.20. The highest BCUT2D eigenvalue weighted by molar-refractivity contribution is 6.31. The van der Waals surface area contributed by atoms with Crippen molar-refractivity contribution in [3.63, 3.8) is 0 Å². The number of aldehydes is 1. The summed E-state index contributed by atoms with van der Waals surface area (Å²) < 4.78 is 1.81. The van der Waals surface area contributed by atoms with Gasteiger partial charge in [-0.2, -0.15) is 5.10 Å². The van der Waals surface area contributed by atoms with Gasteiger partial charge in [0.2, 0.25) is 0 Å². The number of nitrogens with zero attached hydrogens (tertiary/aromatic N) is 2. The Labute approximate surface area is 105 Å². The molecule has 0 saturated heterocycles. The fourth-order valence-corrected chi connectivity index (χ4v) is 2.02. The number of halogens is 1. The summed E-state index contributed by atoms with van der Waals surface area (Å²) in [5.74, 6) is 0. The van der Waals surface area contributed by atoms with Gasteiger partial charge in [0.15, 0.2) is 6.29 Å². The number of aromatic nitrogens is 2. The fraction of sp³-hybridized carbons (Fsp3) is 0.231. The second kappa shape index (κ2) is 4.72. The lowest BCUT2D eigenvalue weighted by Crippen LogP contribution is -2.04. The standard InChI is InChI=1S/C13H13ClN2O/c1-9-12(8-17)10(2)16(15-9)7-11-5-3-4-6-13(11)14/h3-6,8H,7H2,1-2H3. The molecule has 0 bridgehead atoms. The third-order valence-electron chi connectivity index (χ3n) is 2.83. The molecule has 0 radical (unpaired) electrons. The number of hydrogen-bond donors (Lipinski definition) is 0. The predicted octanol–water partition coefficient (Wildman–Crippen LogP) is 3.01. The molecule has 2 rings (SSSR count). The fourth-order valence-electron chi connectivity index (χ4n) is 1.82. The Morgan fingerprint density at radius 3 is 2.65 bits per heavy atom. The van der Waals surface area contributed by atoms with Crippen LogP contribution in [0.1, 0.15) is 27.3 Å². The van der Waals surface area contributed by atoms with Crippen molar-refractivity contribution in [2.45, 2.75) is 20.4 Å². The number of carbonyl (C=O) groups excluding carboxylic acids is 1. The van der Waals surface area contributed by atoms with Crippen LogP contribution in [0.2, 0.25) is 5.02 Å². The molecule has 0 spiro atoms. The van der Waals surface area contributed by atoms with Gasteiger partial charge in [-0.3, -0.25) is 9.48 Å². The summed E-state index contributed by atoms with van der Waals surface area (Å²) in [6.07, 6.45) is 0.848. The minimum Gasteiger partial charge on any atom is -0.298 e. The number of aryl methyl sites for hydroxylation is 1. The SMILES string of the molecule is Cc1nn(Cc2ccccc2Cl)c(C)c1C=O. The van der Waals surface area contributed by atoms with Crippen molar-refractivity contribution >= 4 is 17.9 Å². The van der Waals surface area contributed by atoms with Crippen LogP contribution in [0.3, 0.4) is 0 Å². The summed E-state index contributed by atoms with van der Waals surface area (Å²) in [4.78, 5) is 10.9. The summed E-state index contributed by atoms with van der Waals surface area (Å²) in [5, 5.41) is 5.06. The molecule has 0 N–H and O–H groups in total. The Morgan fingerprint density at radius 1 is 1.35 bits per heavy atom. The van der Waals surface area contributed by atoms with Crippen LogP contribution in [0.25, 0.3) is 0 Å². The topological polar surface area (TPSA) is 34.9 Å². The molecule has 0 amide bonds. The van der Waals surface area contributed by atoms with E-state index in [9.17, 15) is 4.79 Å². The van der Waals surface area contributed by atoms with Crippen LogP contribution in [-0.2, 0) is 6.54 Å². The van der Waals surface area contributed by atoms with Crippen molar-refractivity contribution in [3.05, 3.63) is 51.8 Å². The van der Waals surface area contributed by atoms with Gasteiger partial charge in [0.25, 0.3) is 0 Å². The second-order valence-electron chi connectivity index (χ2n) is 3.95. The van der Waals surface area contributed by atoms with Gasteiger partial charge in [-0.25, -0.2) is 0 Å². The van der Waals surface area contributed by atoms with Crippen molar-refractivity contribution < 1.29 is 4.79 Å². The molecule has 1 aromatic carbocycles. The van der Waals surface area contributed by atoms with Crippen molar-refractivity contribution in [2.75, 3.05) is 0 Å². The zero-order chi connectivity index (χ0) is 12.4. The maximum atomic E-state index is 10.9. The highest BCUT2D eigenvalue weighted by Crippen LogP contribution is 2.18. The monoisotopic (exact) mass is 248 g/mol. The van der Waals surface area contributed by atoms with Gasteiger partial charge >= 0.3 is 0 Å². The highest BCUT2D eigenvalue weighted by atomic mass is 35.5. The molecule has 1 heterocycles. The van der Waals surface area contributed by atoms with Crippen LogP contribution in [-0.4, -0.2) is 16.1 Å². The average molecular weight is 249 g/mol. The summed E-state index contributed by atoms with van der Waals surface area (Å²) in [5.41, 5.74) is 3.29. The maximum absolute atomic E-state index is 10.9. The van der Waals surface area contributed by atoms with Gasteiger partial charge in [-0.1, -0.05) is 29.8 Å². The highest BCUT2D eigenvalue weighted by Gasteiger charge is 2.11. The van der Waals surface area contributed by atoms with E-state index in [1.165, 1.54) is 0 Å². The molecular formula is C13H13ClN2O. The Bertz CT molecular complexity index is 561. The lowest BCUT2D eigenvalue weighted by molar-refractivity contribution is 0.112. The average Bonchev–Trinajstić information content (AvgIpc) is 2.57. The third kappa shape index (κ3) is 2.24. The van der Waals surface area contributed by atoms with E-state index >= 15 is 0 Å². The predicted molar refractivity (Wildman–Crippen MR) is 67.6 cm³/mol. The van der Waals surface area contributed by atoms with E-state index in [-0.39, 0.29) is 0 Å². The van der Waals surface area contributed by atoms with Gasteiger partial charge in [-0.15, -0.1) is 0 Å². The van der Waals surface area contributed by atoms with E-state index in [2.05, 4.69) is 5.10 Å². The summed E-state index contributed by atoms with van der Waals surface area (Å²) in [7, 11) is 0. The first-order valence-corrected chi connectivity index (χ1v) is 5.74. The van der Waals surface area contributed by atoms with E-state index in [1.54, 1.807) is 4.68 Å². The molecular weight excluding hydrogens is 236 g/mol. The minimum absolute atomic E-state index is 0.584. The first-order valence-electron chi connectivity index (χ1n) is 5.36. The van der Waals surface area contributed by atoms with Crippen LogP contribution in [0.5, 0.6) is 0 Å². The molecule has 2 aromatic rings. The normalized spacial score (nSPS) is 10.5. The van der Waals surface area contributed by atoms with E-state index in [1.807, 2.05) is 38.1 Å². The van der Waals surface area contributed by atoms with Gasteiger partial charge in [0.1, 0.15) is 0 Å². The van der Waals surface area contributed by atoms with Crippen LogP contribution in [0, 0.1) is 13.8 Å². The quantitative estimate of drug-likeness (QED) is 0.783. The molecule has 0 fully saturated rings. The van der Waals surface area contributed by atoms with Crippen LogP contribution in [0.15, 0.2) is 24.3 Å². The number of rotatable bonds is 3. The van der Waals surface area contributed by atoms with Crippen molar-refractivity contribution in [2.24, 2.45) is 0 Å². The summed E-state index contributed by atoms with van der Waals surface area (Å²) in [6.45, 7) is 4.31. The Hall–Kier alpha value is -1.61. The lowest BCUT2D eigenvalue weighted by atomic mass is 10.2. The summed E-state index contributed by atoms with van der Waals surface area (Å²) >= 11 is 6.10. The van der Waals surface area contributed by atoms with Crippen LogP contribution >= 0.6 is 11.6 Å². The zero-order valence-electron chi connectivity index (χ0n) is 9.77. The molecule has 0 aliphatic heterocycles. The molecule has 3 nitrogen and oxygen atoms in total. The second-order valence-corrected chi connectivity index (χ2v) is 4.36. The Morgan fingerprint density at radius 2 is 2.06 bits per heavy atom. The zero-order valence-corrected chi connectivity index (χ0v) is 10.5. The van der Waals surface area contributed by atoms with Gasteiger partial charge in [-0.05, 0) is 25.5 Å². The maximum Gasteiger partial charge on any atom is 0.153 e. The van der Waals surface area contributed by atoms with Gasteiger partial charge in [0.05, 0.1) is 17.8 Å². The van der Waals surface area contributed by atoms with Crippen molar-refractivity contribution in [1.82, 2.24) is 9.78 Å². The van der Waals surface area contributed by atoms with Crippen molar-refractivity contribution in [1.29, 1.82) is 0 Å². The lowest BCUT2D eigenvalue weighted by Gasteiger charge is -2.06. The Kier molecular flexibility index (Phi) is 3.29. The van der Waals surface area contributed by atoms with Crippen molar-refractivity contribution in [3.8, 4) is 0 Å². The van der Waals surface area contributed by atoms with Gasteiger partial charge in [0, 0.05) is 10.7 Å². The number of benzene rings is 1. The van der Waals surface area contributed by atoms with E-state index in [4.69, 9.17) is 11.6 Å². The molecule has 4 heteroatoms. The first kappa shape index (κ1) is 11.9. The first-order chi connectivity index (χ1) is 8.13. The molecule has 0 aliphatic rings. The summed E-state index contributed by atoms with van der Waals surface area (Å²) in [6, 6.07) is 7.64. The molecule has 0 unspecified atom stereocenters. The number of carbonyl (C=O) groups is 1. The minimum atomic E-state index is 0.584. The Balaban J connectivity index is 2.37. The van der Waals surface area contributed by atoms with Gasteiger partial charge < -0.3 is 0 Å². The van der Waals surface area contributed by atoms with E-state index < -0.39 is 0 Å². The molecule has 0 atom stereocenters. The smallest absolute Gasteiger partial charge is 0.153 e. The van der Waals surface area contributed by atoms with Crippen LogP contribution < -0.4 is 0 Å².